The van der Waals surface area contributed by atoms with Crippen molar-refractivity contribution in [1.82, 2.24) is 19.4 Å². The number of pyridine rings is 1. The molecule has 1 fully saturated rings. The van der Waals surface area contributed by atoms with Crippen LogP contribution in [0.4, 0.5) is 10.3 Å². The maximum atomic E-state index is 14.3. The lowest BCUT2D eigenvalue weighted by atomic mass is 10.1. The number of aromatic nitrogens is 3. The molecule has 3 aromatic heterocycles. The Balaban J connectivity index is 1.51. The molecule has 5 rings (SSSR count). The summed E-state index contributed by atoms with van der Waals surface area (Å²) >= 11 is 0. The molecule has 3 atom stereocenters. The van der Waals surface area contributed by atoms with E-state index in [4.69, 9.17) is 4.42 Å². The summed E-state index contributed by atoms with van der Waals surface area (Å²) in [6.07, 6.45) is 3.23. The van der Waals surface area contributed by atoms with Gasteiger partial charge >= 0.3 is 0 Å². The van der Waals surface area contributed by atoms with Crippen LogP contribution in [0.15, 0.2) is 39.8 Å². The van der Waals surface area contributed by atoms with Gasteiger partial charge in [-0.25, -0.2) is 9.37 Å². The van der Waals surface area contributed by atoms with Crippen molar-refractivity contribution in [2.75, 3.05) is 25.5 Å². The summed E-state index contributed by atoms with van der Waals surface area (Å²) in [5, 5.41) is 0. The van der Waals surface area contributed by atoms with Crippen LogP contribution in [0, 0.1) is 24.6 Å². The molecule has 0 radical (unpaired) electrons. The summed E-state index contributed by atoms with van der Waals surface area (Å²) in [5.74, 6) is 1.77. The highest BCUT2D eigenvalue weighted by atomic mass is 19.1. The number of halogens is 1. The number of carbonyl (C=O) groups excluding carboxylic acids is 1. The van der Waals surface area contributed by atoms with Crippen LogP contribution in [0.25, 0.3) is 11.3 Å². The molecule has 1 amide bonds. The quantitative estimate of drug-likeness (QED) is 0.625. The first-order chi connectivity index (χ1) is 15.3. The number of amides is 1. The number of anilines is 1. The summed E-state index contributed by atoms with van der Waals surface area (Å²) < 4.78 is 21.6. The Labute approximate surface area is 184 Å². The lowest BCUT2D eigenvalue weighted by Gasteiger charge is -2.23. The van der Waals surface area contributed by atoms with Crippen molar-refractivity contribution in [2.24, 2.45) is 18.9 Å². The molecule has 2 aliphatic rings. The van der Waals surface area contributed by atoms with Crippen molar-refractivity contribution >= 4 is 11.9 Å². The zero-order valence-electron chi connectivity index (χ0n) is 18.4. The SMILES string of the molecule is Cc1cc2c(o1)C[C@@H]1[C@H](CN(C)C2=O)[C@H]1N(C)c1nc(-c2ccncc2F)cc(=O)n1C. The van der Waals surface area contributed by atoms with Gasteiger partial charge in [-0.2, -0.15) is 0 Å². The summed E-state index contributed by atoms with van der Waals surface area (Å²) in [6, 6.07) is 4.70. The van der Waals surface area contributed by atoms with Gasteiger partial charge in [0.15, 0.2) is 5.82 Å². The standard InChI is InChI=1S/C23H24FN5O3/c1-12-7-15-19(32-12)8-14-16(11-27(2)22(15)31)21(14)29(4)23-26-18(9-20(30)28(23)3)13-5-6-25-10-17(13)24/h5-7,9-10,14,16,21H,8,11H2,1-4H3/t14-,16+,21+/m1/s1. The molecule has 3 aromatic rings. The first-order valence-electron chi connectivity index (χ1n) is 10.5. The molecule has 0 unspecified atom stereocenters. The number of rotatable bonds is 3. The van der Waals surface area contributed by atoms with Gasteiger partial charge in [0.1, 0.15) is 11.5 Å². The minimum Gasteiger partial charge on any atom is -0.466 e. The zero-order valence-corrected chi connectivity index (χ0v) is 18.4. The fourth-order valence-electron chi connectivity index (χ4n) is 4.93. The van der Waals surface area contributed by atoms with Gasteiger partial charge in [-0.15, -0.1) is 0 Å². The second-order valence-electron chi connectivity index (χ2n) is 8.71. The Kier molecular flexibility index (Phi) is 4.65. The van der Waals surface area contributed by atoms with Crippen LogP contribution in [-0.2, 0) is 13.5 Å². The molecular weight excluding hydrogens is 413 g/mol. The number of aryl methyl sites for hydroxylation is 1. The molecule has 1 aliphatic heterocycles. The molecule has 9 heteroatoms. The van der Waals surface area contributed by atoms with E-state index in [9.17, 15) is 14.0 Å². The third-order valence-corrected chi connectivity index (χ3v) is 6.62. The van der Waals surface area contributed by atoms with Gasteiger partial charge in [0.25, 0.3) is 11.5 Å². The van der Waals surface area contributed by atoms with Crippen LogP contribution in [0.1, 0.15) is 21.9 Å². The van der Waals surface area contributed by atoms with E-state index >= 15 is 0 Å². The van der Waals surface area contributed by atoms with Gasteiger partial charge < -0.3 is 14.2 Å². The lowest BCUT2D eigenvalue weighted by molar-refractivity contribution is 0.0779. The molecule has 0 spiro atoms. The van der Waals surface area contributed by atoms with E-state index in [0.29, 0.717) is 30.2 Å². The highest BCUT2D eigenvalue weighted by Gasteiger charge is 2.55. The Morgan fingerprint density at radius 1 is 1.19 bits per heavy atom. The largest absolute Gasteiger partial charge is 0.466 e. The van der Waals surface area contributed by atoms with Crippen LogP contribution < -0.4 is 10.5 Å². The summed E-state index contributed by atoms with van der Waals surface area (Å²) in [7, 11) is 5.34. The predicted octanol–water partition coefficient (Wildman–Crippen LogP) is 2.26. The first kappa shape index (κ1) is 20.4. The Morgan fingerprint density at radius 3 is 2.72 bits per heavy atom. The van der Waals surface area contributed by atoms with Crippen LogP contribution in [0.3, 0.4) is 0 Å². The Hall–Kier alpha value is -3.49. The van der Waals surface area contributed by atoms with Gasteiger partial charge in [0, 0.05) is 63.9 Å². The number of hydrogen-bond donors (Lipinski definition) is 0. The third kappa shape index (κ3) is 3.19. The van der Waals surface area contributed by atoms with Crippen LogP contribution in [0.5, 0.6) is 0 Å². The van der Waals surface area contributed by atoms with Crippen molar-refractivity contribution in [3.63, 3.8) is 0 Å². The first-order valence-corrected chi connectivity index (χ1v) is 10.5. The number of nitrogens with zero attached hydrogens (tertiary/aromatic N) is 5. The molecule has 1 aliphatic carbocycles. The van der Waals surface area contributed by atoms with E-state index in [0.717, 1.165) is 12.0 Å². The molecule has 1 saturated carbocycles. The van der Waals surface area contributed by atoms with E-state index < -0.39 is 5.82 Å². The fourth-order valence-corrected chi connectivity index (χ4v) is 4.93. The second-order valence-corrected chi connectivity index (χ2v) is 8.71. The van der Waals surface area contributed by atoms with Crippen LogP contribution in [0.2, 0.25) is 0 Å². The maximum Gasteiger partial charge on any atom is 0.257 e. The minimum absolute atomic E-state index is 0.0377. The molecule has 0 bridgehead atoms. The summed E-state index contributed by atoms with van der Waals surface area (Å²) in [5.41, 5.74) is 0.846. The van der Waals surface area contributed by atoms with Crippen molar-refractivity contribution < 1.29 is 13.6 Å². The number of fused-ring (bicyclic) bond motifs is 2. The average molecular weight is 437 g/mol. The molecule has 0 saturated heterocycles. The van der Waals surface area contributed by atoms with E-state index in [2.05, 4.69) is 9.97 Å². The van der Waals surface area contributed by atoms with Crippen molar-refractivity contribution in [3.05, 3.63) is 63.8 Å². The summed E-state index contributed by atoms with van der Waals surface area (Å²) in [4.78, 5) is 37.6. The predicted molar refractivity (Wildman–Crippen MR) is 116 cm³/mol. The fraction of sp³-hybridized carbons (Fsp3) is 0.391. The van der Waals surface area contributed by atoms with Gasteiger partial charge in [-0.3, -0.25) is 19.1 Å². The van der Waals surface area contributed by atoms with E-state index in [1.165, 1.54) is 22.9 Å². The van der Waals surface area contributed by atoms with Gasteiger partial charge in [0.2, 0.25) is 5.95 Å². The molecule has 32 heavy (non-hydrogen) atoms. The topological polar surface area (TPSA) is 84.5 Å². The van der Waals surface area contributed by atoms with Gasteiger partial charge in [0.05, 0.1) is 17.5 Å². The summed E-state index contributed by atoms with van der Waals surface area (Å²) in [6.45, 7) is 2.45. The number of carbonyl (C=O) groups is 1. The minimum atomic E-state index is -0.532. The van der Waals surface area contributed by atoms with Crippen LogP contribution in [-0.4, -0.2) is 52.0 Å². The lowest BCUT2D eigenvalue weighted by Crippen LogP contribution is -2.34. The molecule has 8 nitrogen and oxygen atoms in total. The van der Waals surface area contributed by atoms with Crippen LogP contribution >= 0.6 is 0 Å². The van der Waals surface area contributed by atoms with E-state index in [1.54, 1.807) is 25.1 Å². The highest BCUT2D eigenvalue weighted by Crippen LogP contribution is 2.48. The van der Waals surface area contributed by atoms with Crippen molar-refractivity contribution in [1.29, 1.82) is 0 Å². The normalized spacial score (nSPS) is 22.1. The number of hydrogen-bond acceptors (Lipinski definition) is 6. The van der Waals surface area contributed by atoms with Crippen molar-refractivity contribution in [3.8, 4) is 11.3 Å². The average Bonchev–Trinajstić information content (AvgIpc) is 3.28. The monoisotopic (exact) mass is 437 g/mol. The highest BCUT2D eigenvalue weighted by molar-refractivity contribution is 5.95. The zero-order chi connectivity index (χ0) is 22.7. The van der Waals surface area contributed by atoms with Gasteiger partial charge in [-0.1, -0.05) is 0 Å². The molecule has 166 valence electrons. The Morgan fingerprint density at radius 2 is 1.97 bits per heavy atom. The molecular formula is C23H24FN5O3. The smallest absolute Gasteiger partial charge is 0.257 e. The van der Waals surface area contributed by atoms with Crippen molar-refractivity contribution in [2.45, 2.75) is 19.4 Å². The Bertz CT molecular complexity index is 1280. The van der Waals surface area contributed by atoms with Gasteiger partial charge in [-0.05, 0) is 25.0 Å². The number of furan rings is 1. The third-order valence-electron chi connectivity index (χ3n) is 6.62. The van der Waals surface area contributed by atoms with E-state index in [1.807, 2.05) is 18.9 Å². The molecule has 4 heterocycles. The van der Waals surface area contributed by atoms with E-state index in [-0.39, 0.29) is 40.6 Å². The molecule has 0 N–H and O–H groups in total. The second kappa shape index (κ2) is 7.29. The molecule has 0 aromatic carbocycles. The maximum absolute atomic E-state index is 14.3.